The Hall–Kier alpha value is -1.89. The summed E-state index contributed by atoms with van der Waals surface area (Å²) in [6.07, 6.45) is 1.50. The molecular formula is C17H16F4N2S. The molecule has 7 heteroatoms. The van der Waals surface area contributed by atoms with E-state index in [4.69, 9.17) is 0 Å². The van der Waals surface area contributed by atoms with Crippen molar-refractivity contribution in [2.75, 3.05) is 0 Å². The standard InChI is InChI=1S/C17H16F4N2S/c1-9(15-16(17(2,20)21)22-8-24-15)23-14-6-5-12(14)11-4-3-10(18)7-13(11)19/h3-4,7-8,12,14,23H,1,5-6H2,2H3/t12-,14-/m0/s1. The van der Waals surface area contributed by atoms with Crippen LogP contribution in [0, 0.1) is 11.6 Å². The van der Waals surface area contributed by atoms with Gasteiger partial charge in [-0.25, -0.2) is 13.8 Å². The second kappa shape index (κ2) is 6.20. The third-order valence-corrected chi connectivity index (χ3v) is 5.14. The van der Waals surface area contributed by atoms with Crippen molar-refractivity contribution in [3.05, 3.63) is 58.1 Å². The highest BCUT2D eigenvalue weighted by Gasteiger charge is 2.36. The van der Waals surface area contributed by atoms with E-state index in [1.165, 1.54) is 17.6 Å². The molecule has 0 radical (unpaired) electrons. The second-order valence-electron chi connectivity index (χ2n) is 6.00. The number of alkyl halides is 2. The molecule has 2 aromatic rings. The number of thiazole rings is 1. The summed E-state index contributed by atoms with van der Waals surface area (Å²) < 4.78 is 54.1. The van der Waals surface area contributed by atoms with Crippen LogP contribution < -0.4 is 5.32 Å². The summed E-state index contributed by atoms with van der Waals surface area (Å²) in [6, 6.07) is 3.39. The number of nitrogens with zero attached hydrogens (tertiary/aromatic N) is 1. The molecule has 0 bridgehead atoms. The molecule has 1 saturated carbocycles. The van der Waals surface area contributed by atoms with Crippen LogP contribution in [0.15, 0.2) is 30.3 Å². The van der Waals surface area contributed by atoms with Gasteiger partial charge in [0.05, 0.1) is 10.4 Å². The molecule has 24 heavy (non-hydrogen) atoms. The van der Waals surface area contributed by atoms with E-state index in [1.54, 1.807) is 0 Å². The maximum Gasteiger partial charge on any atom is 0.288 e. The predicted octanol–water partition coefficient (Wildman–Crippen LogP) is 5.04. The summed E-state index contributed by atoms with van der Waals surface area (Å²) in [6.45, 7) is 4.62. The Balaban J connectivity index is 1.75. The molecule has 1 aromatic carbocycles. The number of benzene rings is 1. The first kappa shape index (κ1) is 17.0. The Morgan fingerprint density at radius 3 is 2.67 bits per heavy atom. The maximum atomic E-state index is 13.9. The molecule has 3 rings (SSSR count). The van der Waals surface area contributed by atoms with E-state index in [9.17, 15) is 17.6 Å². The van der Waals surface area contributed by atoms with Gasteiger partial charge >= 0.3 is 0 Å². The van der Waals surface area contributed by atoms with E-state index in [2.05, 4.69) is 16.9 Å². The van der Waals surface area contributed by atoms with Crippen molar-refractivity contribution in [3.63, 3.8) is 0 Å². The topological polar surface area (TPSA) is 24.9 Å². The van der Waals surface area contributed by atoms with Crippen molar-refractivity contribution < 1.29 is 17.6 Å². The molecule has 1 heterocycles. The highest BCUT2D eigenvalue weighted by molar-refractivity contribution is 7.10. The molecule has 0 spiro atoms. The van der Waals surface area contributed by atoms with Gasteiger partial charge in [0, 0.05) is 30.6 Å². The molecule has 1 fully saturated rings. The monoisotopic (exact) mass is 356 g/mol. The maximum absolute atomic E-state index is 13.9. The van der Waals surface area contributed by atoms with Crippen molar-refractivity contribution in [1.29, 1.82) is 0 Å². The van der Waals surface area contributed by atoms with E-state index in [-0.39, 0.29) is 17.7 Å². The lowest BCUT2D eigenvalue weighted by atomic mass is 9.74. The number of hydrogen-bond donors (Lipinski definition) is 1. The predicted molar refractivity (Wildman–Crippen MR) is 86.0 cm³/mol. The summed E-state index contributed by atoms with van der Waals surface area (Å²) in [5.74, 6) is -4.40. The molecule has 1 N–H and O–H groups in total. The van der Waals surface area contributed by atoms with Crippen LogP contribution in [0.3, 0.4) is 0 Å². The fourth-order valence-corrected chi connectivity index (χ4v) is 3.72. The summed E-state index contributed by atoms with van der Waals surface area (Å²) in [5.41, 5.74) is 1.82. The molecule has 1 aliphatic rings. The zero-order chi connectivity index (χ0) is 17.5. The van der Waals surface area contributed by atoms with Crippen molar-refractivity contribution in [3.8, 4) is 0 Å². The molecule has 2 nitrogen and oxygen atoms in total. The lowest BCUT2D eigenvalue weighted by molar-refractivity contribution is 0.0131. The third-order valence-electron chi connectivity index (χ3n) is 4.25. The summed E-state index contributed by atoms with van der Waals surface area (Å²) >= 11 is 1.09. The minimum Gasteiger partial charge on any atom is -0.381 e. The first-order chi connectivity index (χ1) is 11.3. The largest absolute Gasteiger partial charge is 0.381 e. The summed E-state index contributed by atoms with van der Waals surface area (Å²) in [4.78, 5) is 4.03. The Morgan fingerprint density at radius 2 is 2.08 bits per heavy atom. The smallest absolute Gasteiger partial charge is 0.288 e. The van der Waals surface area contributed by atoms with Crippen LogP contribution in [-0.2, 0) is 5.92 Å². The summed E-state index contributed by atoms with van der Waals surface area (Å²) in [5, 5.41) is 3.10. The number of halogens is 4. The Bertz CT molecular complexity index is 766. The van der Waals surface area contributed by atoms with Crippen molar-refractivity contribution in [2.24, 2.45) is 0 Å². The first-order valence-electron chi connectivity index (χ1n) is 7.50. The minimum atomic E-state index is -3.05. The number of nitrogens with one attached hydrogen (secondary N) is 1. The van der Waals surface area contributed by atoms with Gasteiger partial charge < -0.3 is 5.32 Å². The first-order valence-corrected chi connectivity index (χ1v) is 8.38. The molecule has 0 saturated heterocycles. The van der Waals surface area contributed by atoms with Crippen LogP contribution in [0.4, 0.5) is 17.6 Å². The zero-order valence-corrected chi connectivity index (χ0v) is 13.8. The SMILES string of the molecule is C=C(N[C@H]1CC[C@H]1c1ccc(F)cc1F)c1scnc1C(C)(F)F. The van der Waals surface area contributed by atoms with Gasteiger partial charge in [0.25, 0.3) is 5.92 Å². The van der Waals surface area contributed by atoms with Gasteiger partial charge in [0.1, 0.15) is 17.3 Å². The molecule has 1 aliphatic carbocycles. The van der Waals surface area contributed by atoms with Crippen molar-refractivity contribution in [2.45, 2.75) is 37.6 Å². The van der Waals surface area contributed by atoms with Crippen LogP contribution in [-0.4, -0.2) is 11.0 Å². The molecule has 2 atom stereocenters. The van der Waals surface area contributed by atoms with Gasteiger partial charge in [0.2, 0.25) is 0 Å². The lowest BCUT2D eigenvalue weighted by Gasteiger charge is -2.38. The fraction of sp³-hybridized carbons (Fsp3) is 0.353. The fourth-order valence-electron chi connectivity index (χ4n) is 2.91. The van der Waals surface area contributed by atoms with E-state index in [0.717, 1.165) is 37.2 Å². The molecule has 128 valence electrons. The Morgan fingerprint density at radius 1 is 1.33 bits per heavy atom. The lowest BCUT2D eigenvalue weighted by Crippen LogP contribution is -2.41. The second-order valence-corrected chi connectivity index (χ2v) is 6.85. The normalized spacial score (nSPS) is 20.5. The average molecular weight is 356 g/mol. The Kier molecular flexibility index (Phi) is 4.38. The van der Waals surface area contributed by atoms with E-state index in [1.807, 2.05) is 0 Å². The highest BCUT2D eigenvalue weighted by Crippen LogP contribution is 2.40. The molecule has 0 amide bonds. The number of rotatable bonds is 5. The molecule has 1 aromatic heterocycles. The van der Waals surface area contributed by atoms with Gasteiger partial charge in [-0.3, -0.25) is 0 Å². The van der Waals surface area contributed by atoms with Gasteiger partial charge in [-0.2, -0.15) is 8.78 Å². The van der Waals surface area contributed by atoms with Crippen molar-refractivity contribution in [1.82, 2.24) is 10.3 Å². The van der Waals surface area contributed by atoms with Gasteiger partial charge in [-0.05, 0) is 24.5 Å². The third kappa shape index (κ3) is 3.17. The van der Waals surface area contributed by atoms with Crippen LogP contribution in [0.1, 0.15) is 41.8 Å². The van der Waals surface area contributed by atoms with Gasteiger partial charge in [0.15, 0.2) is 0 Å². The van der Waals surface area contributed by atoms with E-state index >= 15 is 0 Å². The van der Waals surface area contributed by atoms with E-state index in [0.29, 0.717) is 16.1 Å². The van der Waals surface area contributed by atoms with Crippen LogP contribution in [0.25, 0.3) is 5.70 Å². The van der Waals surface area contributed by atoms with E-state index < -0.39 is 17.6 Å². The van der Waals surface area contributed by atoms with Crippen LogP contribution >= 0.6 is 11.3 Å². The van der Waals surface area contributed by atoms with Gasteiger partial charge in [-0.15, -0.1) is 11.3 Å². The molecule has 0 aliphatic heterocycles. The summed E-state index contributed by atoms with van der Waals surface area (Å²) in [7, 11) is 0. The molecule has 0 unspecified atom stereocenters. The zero-order valence-electron chi connectivity index (χ0n) is 13.0. The quantitative estimate of drug-likeness (QED) is 0.759. The number of aromatic nitrogens is 1. The van der Waals surface area contributed by atoms with Crippen molar-refractivity contribution >= 4 is 17.0 Å². The van der Waals surface area contributed by atoms with Gasteiger partial charge in [-0.1, -0.05) is 12.6 Å². The van der Waals surface area contributed by atoms with Crippen LogP contribution in [0.2, 0.25) is 0 Å². The minimum absolute atomic E-state index is 0.127. The average Bonchev–Trinajstić information content (AvgIpc) is 2.96. The molecular weight excluding hydrogens is 340 g/mol. The number of hydrogen-bond acceptors (Lipinski definition) is 3. The Labute approximate surface area is 141 Å². The van der Waals surface area contributed by atoms with Crippen LogP contribution in [0.5, 0.6) is 0 Å². The highest BCUT2D eigenvalue weighted by atomic mass is 32.1.